The number of furan rings is 1. The van der Waals surface area contributed by atoms with Gasteiger partial charge in [0.2, 0.25) is 0 Å². The van der Waals surface area contributed by atoms with Crippen LogP contribution in [-0.4, -0.2) is 63.1 Å². The van der Waals surface area contributed by atoms with Crippen LogP contribution in [0.25, 0.3) is 5.76 Å². The Morgan fingerprint density at radius 1 is 1.17 bits per heavy atom. The van der Waals surface area contributed by atoms with E-state index in [1.54, 1.807) is 30.3 Å². The molecule has 1 saturated heterocycles. The van der Waals surface area contributed by atoms with E-state index in [4.69, 9.17) is 13.9 Å². The number of hydrogen-bond donors (Lipinski definition) is 2. The third-order valence-electron chi connectivity index (χ3n) is 5.09. The van der Waals surface area contributed by atoms with Crippen molar-refractivity contribution in [2.45, 2.75) is 12.5 Å². The number of carbonyl (C=O) groups excluding carboxylic acids is 2. The van der Waals surface area contributed by atoms with E-state index in [0.717, 1.165) is 6.54 Å². The monoisotopic (exact) mass is 415 g/mol. The zero-order chi connectivity index (χ0) is 21.8. The van der Waals surface area contributed by atoms with E-state index in [1.165, 1.54) is 30.3 Å². The van der Waals surface area contributed by atoms with Crippen molar-refractivity contribution in [2.75, 3.05) is 41.4 Å². The number of ether oxygens (including phenoxy) is 2. The maximum absolute atomic E-state index is 12.9. The van der Waals surface area contributed by atoms with Crippen LogP contribution in [-0.2, 0) is 9.59 Å². The Bertz CT molecular complexity index is 949. The number of likely N-dealkylation sites (tertiary alicyclic amines) is 1. The number of benzene rings is 1. The summed E-state index contributed by atoms with van der Waals surface area (Å²) in [6, 6.07) is 7.41. The molecule has 8 nitrogen and oxygen atoms in total. The number of quaternary nitrogens is 1. The Labute approximate surface area is 175 Å². The summed E-state index contributed by atoms with van der Waals surface area (Å²) in [6.45, 7) is 1.22. The van der Waals surface area contributed by atoms with Gasteiger partial charge in [0.1, 0.15) is 17.6 Å². The van der Waals surface area contributed by atoms with Crippen molar-refractivity contribution in [3.63, 3.8) is 0 Å². The van der Waals surface area contributed by atoms with Crippen LogP contribution in [0.5, 0.6) is 11.5 Å². The SMILES string of the molecule is COc1ccc(C(O)=C2C(=O)C(=O)N(CCC[NH+](C)C)[C@@H]2c2ccco2)cc1OC. The molecule has 1 aliphatic heterocycles. The molecule has 8 heteroatoms. The minimum atomic E-state index is -0.787. The number of carbonyl (C=O) groups is 2. The topological polar surface area (TPSA) is 93.7 Å². The fourth-order valence-corrected chi connectivity index (χ4v) is 3.60. The second kappa shape index (κ2) is 9.04. The highest BCUT2D eigenvalue weighted by atomic mass is 16.5. The van der Waals surface area contributed by atoms with Crippen molar-refractivity contribution in [2.24, 2.45) is 0 Å². The second-order valence-electron chi connectivity index (χ2n) is 7.39. The lowest BCUT2D eigenvalue weighted by Gasteiger charge is -2.23. The van der Waals surface area contributed by atoms with Crippen LogP contribution in [0.3, 0.4) is 0 Å². The molecule has 0 unspecified atom stereocenters. The van der Waals surface area contributed by atoms with Gasteiger partial charge in [-0.1, -0.05) is 0 Å². The van der Waals surface area contributed by atoms with E-state index in [-0.39, 0.29) is 11.3 Å². The molecule has 0 spiro atoms. The fraction of sp³-hybridized carbons (Fsp3) is 0.364. The molecular formula is C22H27N2O6+. The first kappa shape index (κ1) is 21.4. The first-order valence-corrected chi connectivity index (χ1v) is 9.72. The zero-order valence-electron chi connectivity index (χ0n) is 17.6. The number of ketones is 1. The van der Waals surface area contributed by atoms with Gasteiger partial charge in [-0.15, -0.1) is 0 Å². The quantitative estimate of drug-likeness (QED) is 0.383. The maximum atomic E-state index is 12.9. The van der Waals surface area contributed by atoms with Crippen LogP contribution in [0, 0.1) is 0 Å². The molecule has 0 aliphatic carbocycles. The lowest BCUT2D eigenvalue weighted by molar-refractivity contribution is -0.858. The number of Topliss-reactive ketones (excluding diaryl/α,β-unsaturated/α-hetero) is 1. The van der Waals surface area contributed by atoms with Crippen molar-refractivity contribution in [1.82, 2.24) is 4.90 Å². The lowest BCUT2D eigenvalue weighted by Crippen LogP contribution is -3.05. The highest BCUT2D eigenvalue weighted by Crippen LogP contribution is 2.40. The Balaban J connectivity index is 2.06. The third kappa shape index (κ3) is 4.04. The molecule has 1 atom stereocenters. The van der Waals surface area contributed by atoms with Crippen LogP contribution in [0.2, 0.25) is 0 Å². The van der Waals surface area contributed by atoms with Crippen LogP contribution >= 0.6 is 0 Å². The number of rotatable bonds is 8. The molecule has 0 radical (unpaired) electrons. The molecule has 1 aromatic carbocycles. The summed E-state index contributed by atoms with van der Waals surface area (Å²) in [5.74, 6) is -0.347. The summed E-state index contributed by atoms with van der Waals surface area (Å²) in [7, 11) is 7.04. The first-order valence-electron chi connectivity index (χ1n) is 9.72. The number of methoxy groups -OCH3 is 2. The van der Waals surface area contributed by atoms with Crippen molar-refractivity contribution in [3.05, 3.63) is 53.5 Å². The van der Waals surface area contributed by atoms with Gasteiger partial charge in [0, 0.05) is 18.5 Å². The number of aliphatic hydroxyl groups excluding tert-OH is 1. The summed E-state index contributed by atoms with van der Waals surface area (Å²) in [6.07, 6.45) is 2.19. The van der Waals surface area contributed by atoms with E-state index in [9.17, 15) is 14.7 Å². The van der Waals surface area contributed by atoms with Crippen LogP contribution in [0.4, 0.5) is 0 Å². The number of amides is 1. The van der Waals surface area contributed by atoms with Gasteiger partial charge in [-0.2, -0.15) is 0 Å². The average Bonchev–Trinajstić information content (AvgIpc) is 3.35. The molecule has 30 heavy (non-hydrogen) atoms. The van der Waals surface area contributed by atoms with Gasteiger partial charge >= 0.3 is 0 Å². The summed E-state index contributed by atoms with van der Waals surface area (Å²) >= 11 is 0. The third-order valence-corrected chi connectivity index (χ3v) is 5.09. The molecule has 0 saturated carbocycles. The lowest BCUT2D eigenvalue weighted by atomic mass is 9.99. The van der Waals surface area contributed by atoms with Gasteiger partial charge in [-0.25, -0.2) is 0 Å². The molecule has 1 amide bonds. The second-order valence-corrected chi connectivity index (χ2v) is 7.39. The molecule has 1 fully saturated rings. The number of nitrogens with zero attached hydrogens (tertiary/aromatic N) is 1. The van der Waals surface area contributed by atoms with Crippen molar-refractivity contribution < 1.29 is 33.5 Å². The Morgan fingerprint density at radius 3 is 2.50 bits per heavy atom. The maximum Gasteiger partial charge on any atom is 0.295 e. The normalized spacial score (nSPS) is 18.3. The van der Waals surface area contributed by atoms with Crippen molar-refractivity contribution in [1.29, 1.82) is 0 Å². The van der Waals surface area contributed by atoms with E-state index >= 15 is 0 Å². The fourth-order valence-electron chi connectivity index (χ4n) is 3.60. The summed E-state index contributed by atoms with van der Waals surface area (Å²) in [4.78, 5) is 28.4. The highest BCUT2D eigenvalue weighted by molar-refractivity contribution is 6.46. The number of nitrogens with one attached hydrogen (secondary N) is 1. The smallest absolute Gasteiger partial charge is 0.295 e. The summed E-state index contributed by atoms with van der Waals surface area (Å²) in [5, 5.41) is 11.0. The molecule has 0 bridgehead atoms. The molecule has 2 aromatic rings. The van der Waals surface area contributed by atoms with Crippen LogP contribution in [0.15, 0.2) is 46.6 Å². The van der Waals surface area contributed by atoms with Crippen LogP contribution < -0.4 is 14.4 Å². The Kier molecular flexibility index (Phi) is 6.47. The molecule has 3 rings (SSSR count). The van der Waals surface area contributed by atoms with Gasteiger partial charge < -0.3 is 28.8 Å². The van der Waals surface area contributed by atoms with Gasteiger partial charge in [0.05, 0.1) is 46.7 Å². The number of hydrogen-bond acceptors (Lipinski definition) is 6. The van der Waals surface area contributed by atoms with Gasteiger partial charge in [0.15, 0.2) is 11.5 Å². The van der Waals surface area contributed by atoms with E-state index < -0.39 is 17.7 Å². The first-order chi connectivity index (χ1) is 14.4. The average molecular weight is 415 g/mol. The molecule has 160 valence electrons. The minimum Gasteiger partial charge on any atom is -0.507 e. The van der Waals surface area contributed by atoms with Gasteiger partial charge in [0.25, 0.3) is 11.7 Å². The summed E-state index contributed by atoms with van der Waals surface area (Å²) < 4.78 is 16.0. The Hall–Kier alpha value is -3.26. The molecule has 2 heterocycles. The predicted molar refractivity (Wildman–Crippen MR) is 110 cm³/mol. The minimum absolute atomic E-state index is 0.000583. The molecule has 2 N–H and O–H groups in total. The predicted octanol–water partition coefficient (Wildman–Crippen LogP) is 1.25. The van der Waals surface area contributed by atoms with E-state index in [0.29, 0.717) is 35.8 Å². The van der Waals surface area contributed by atoms with Crippen molar-refractivity contribution >= 4 is 17.4 Å². The molecular weight excluding hydrogens is 388 g/mol. The van der Waals surface area contributed by atoms with Crippen LogP contribution in [0.1, 0.15) is 23.8 Å². The molecule has 1 aliphatic rings. The van der Waals surface area contributed by atoms with Gasteiger partial charge in [-0.05, 0) is 30.3 Å². The highest BCUT2D eigenvalue weighted by Gasteiger charge is 2.47. The van der Waals surface area contributed by atoms with E-state index in [2.05, 4.69) is 0 Å². The Morgan fingerprint density at radius 2 is 1.90 bits per heavy atom. The molecule has 1 aromatic heterocycles. The zero-order valence-corrected chi connectivity index (χ0v) is 17.6. The standard InChI is InChI=1S/C22H26N2O6/c1-23(2)10-6-11-24-19(16-7-5-12-30-16)18(21(26)22(24)27)20(25)14-8-9-15(28-3)17(13-14)29-4/h5,7-9,12-13,19,25H,6,10-11H2,1-4H3/p+1/t19-/m1/s1. The van der Waals surface area contributed by atoms with E-state index in [1.807, 2.05) is 14.1 Å². The number of aliphatic hydroxyl groups is 1. The van der Waals surface area contributed by atoms with Gasteiger partial charge in [-0.3, -0.25) is 9.59 Å². The largest absolute Gasteiger partial charge is 0.507 e. The summed E-state index contributed by atoms with van der Waals surface area (Å²) in [5.41, 5.74) is 0.347. The van der Waals surface area contributed by atoms with Crippen molar-refractivity contribution in [3.8, 4) is 11.5 Å².